The number of carbonyl (C=O) groups is 1. The van der Waals surface area contributed by atoms with E-state index in [4.69, 9.17) is 15.2 Å². The number of hydrogen-bond acceptors (Lipinski definition) is 8. The first-order chi connectivity index (χ1) is 15.5. The van der Waals surface area contributed by atoms with Gasteiger partial charge in [-0.1, -0.05) is 18.2 Å². The summed E-state index contributed by atoms with van der Waals surface area (Å²) in [6, 6.07) is 16.9. The highest BCUT2D eigenvalue weighted by Crippen LogP contribution is 2.28. The number of hydrazine groups is 1. The molecule has 1 aromatic heterocycles. The SMILES string of the molecule is COC1CN(N(c2ccccc2)c2nc(N)n(-c3ccc(C(=O)N(C)C)cc3)n2)CCO1. The van der Waals surface area contributed by atoms with Gasteiger partial charge in [0, 0.05) is 33.3 Å². The summed E-state index contributed by atoms with van der Waals surface area (Å²) < 4.78 is 12.6. The maximum absolute atomic E-state index is 12.2. The van der Waals surface area contributed by atoms with E-state index < -0.39 is 0 Å². The molecule has 1 saturated heterocycles. The molecule has 1 atom stereocenters. The van der Waals surface area contributed by atoms with Gasteiger partial charge in [0.25, 0.3) is 11.9 Å². The third-order valence-electron chi connectivity index (χ3n) is 5.13. The van der Waals surface area contributed by atoms with E-state index in [1.165, 1.54) is 4.90 Å². The van der Waals surface area contributed by atoms with Gasteiger partial charge in [0.1, 0.15) is 0 Å². The Hall–Kier alpha value is -3.47. The molecule has 3 aromatic rings. The van der Waals surface area contributed by atoms with E-state index in [0.717, 1.165) is 5.69 Å². The lowest BCUT2D eigenvalue weighted by molar-refractivity contribution is -0.164. The lowest BCUT2D eigenvalue weighted by Crippen LogP contribution is -2.51. The number of nitrogens with two attached hydrogens (primary N) is 1. The number of nitrogens with zero attached hydrogens (tertiary/aromatic N) is 6. The summed E-state index contributed by atoms with van der Waals surface area (Å²) in [5.74, 6) is 0.599. The zero-order valence-electron chi connectivity index (χ0n) is 18.4. The molecule has 10 heteroatoms. The number of hydrogen-bond donors (Lipinski definition) is 1. The van der Waals surface area contributed by atoms with E-state index in [-0.39, 0.29) is 18.1 Å². The van der Waals surface area contributed by atoms with Crippen molar-refractivity contribution in [1.29, 1.82) is 0 Å². The third kappa shape index (κ3) is 4.42. The summed E-state index contributed by atoms with van der Waals surface area (Å²) in [4.78, 5) is 18.2. The molecule has 1 amide bonds. The van der Waals surface area contributed by atoms with Crippen LogP contribution in [0.2, 0.25) is 0 Å². The first-order valence-electron chi connectivity index (χ1n) is 10.3. The lowest BCUT2D eigenvalue weighted by atomic mass is 10.2. The van der Waals surface area contributed by atoms with Crippen LogP contribution in [0.1, 0.15) is 10.4 Å². The van der Waals surface area contributed by atoms with Crippen molar-refractivity contribution in [2.45, 2.75) is 6.29 Å². The molecule has 0 spiro atoms. The number of morpholine rings is 1. The van der Waals surface area contributed by atoms with Crippen molar-refractivity contribution in [2.24, 2.45) is 0 Å². The molecule has 0 saturated carbocycles. The van der Waals surface area contributed by atoms with Gasteiger partial charge in [0.2, 0.25) is 5.95 Å². The summed E-state index contributed by atoms with van der Waals surface area (Å²) in [5, 5.41) is 8.68. The number of ether oxygens (including phenoxy) is 2. The summed E-state index contributed by atoms with van der Waals surface area (Å²) in [6.45, 7) is 1.67. The number of aromatic nitrogens is 3. The summed E-state index contributed by atoms with van der Waals surface area (Å²) >= 11 is 0. The van der Waals surface area contributed by atoms with Gasteiger partial charge in [0.15, 0.2) is 6.29 Å². The maximum atomic E-state index is 12.2. The van der Waals surface area contributed by atoms with Crippen LogP contribution in [0.25, 0.3) is 5.69 Å². The molecule has 32 heavy (non-hydrogen) atoms. The van der Waals surface area contributed by atoms with Gasteiger partial charge < -0.3 is 20.1 Å². The molecule has 2 heterocycles. The lowest BCUT2D eigenvalue weighted by Gasteiger charge is -2.39. The fourth-order valence-electron chi connectivity index (χ4n) is 3.50. The van der Waals surface area contributed by atoms with Gasteiger partial charge in [-0.05, 0) is 36.4 Å². The fraction of sp³-hybridized carbons (Fsp3) is 0.318. The molecule has 0 bridgehead atoms. The normalized spacial score (nSPS) is 16.7. The second kappa shape index (κ2) is 9.35. The van der Waals surface area contributed by atoms with Crippen LogP contribution in [0.15, 0.2) is 54.6 Å². The van der Waals surface area contributed by atoms with Crippen LogP contribution in [0.3, 0.4) is 0 Å². The van der Waals surface area contributed by atoms with E-state index >= 15 is 0 Å². The summed E-state index contributed by atoms with van der Waals surface area (Å²) in [7, 11) is 5.06. The molecular weight excluding hydrogens is 410 g/mol. The van der Waals surface area contributed by atoms with Gasteiger partial charge in [-0.2, -0.15) is 9.67 Å². The van der Waals surface area contributed by atoms with E-state index in [0.29, 0.717) is 36.9 Å². The quantitative estimate of drug-likeness (QED) is 0.624. The summed E-state index contributed by atoms with van der Waals surface area (Å²) in [6.07, 6.45) is -0.351. The Balaban J connectivity index is 1.68. The van der Waals surface area contributed by atoms with Crippen molar-refractivity contribution in [3.63, 3.8) is 0 Å². The van der Waals surface area contributed by atoms with Crippen LogP contribution < -0.4 is 10.7 Å². The van der Waals surface area contributed by atoms with Crippen LogP contribution in [-0.4, -0.2) is 77.8 Å². The number of anilines is 3. The predicted molar refractivity (Wildman–Crippen MR) is 121 cm³/mol. The van der Waals surface area contributed by atoms with E-state index in [2.05, 4.69) is 15.1 Å². The number of para-hydroxylation sites is 1. The largest absolute Gasteiger partial charge is 0.368 e. The van der Waals surface area contributed by atoms with Gasteiger partial charge in [-0.25, -0.2) is 10.0 Å². The van der Waals surface area contributed by atoms with Crippen molar-refractivity contribution < 1.29 is 14.3 Å². The molecule has 4 rings (SSSR count). The number of amides is 1. The molecule has 0 aliphatic carbocycles. The highest BCUT2D eigenvalue weighted by Gasteiger charge is 2.29. The monoisotopic (exact) mass is 437 g/mol. The van der Waals surface area contributed by atoms with Crippen molar-refractivity contribution in [3.8, 4) is 5.69 Å². The summed E-state index contributed by atoms with van der Waals surface area (Å²) in [5.41, 5.74) is 8.43. The number of benzene rings is 2. The molecule has 2 aromatic carbocycles. The molecule has 168 valence electrons. The highest BCUT2D eigenvalue weighted by atomic mass is 16.7. The van der Waals surface area contributed by atoms with E-state index in [1.807, 2.05) is 35.3 Å². The minimum Gasteiger partial charge on any atom is -0.368 e. The fourth-order valence-corrected chi connectivity index (χ4v) is 3.50. The van der Waals surface area contributed by atoms with E-state index in [1.54, 1.807) is 50.2 Å². The number of nitrogen functional groups attached to an aromatic ring is 1. The molecule has 1 fully saturated rings. The second-order valence-electron chi connectivity index (χ2n) is 7.52. The van der Waals surface area contributed by atoms with Crippen LogP contribution in [0.4, 0.5) is 17.6 Å². The van der Waals surface area contributed by atoms with Gasteiger partial charge in [0.05, 0.1) is 24.5 Å². The minimum absolute atomic E-state index is 0.0703. The predicted octanol–water partition coefficient (Wildman–Crippen LogP) is 1.91. The standard InChI is InChI=1S/C22H27N7O3/c1-26(2)20(30)16-9-11-17(12-10-16)28-21(23)24-22(25-28)29(18-7-5-4-6-8-18)27-13-14-32-19(15-27)31-3/h4-12,19H,13-15H2,1-3H3,(H2,23,24,25). The van der Waals surface area contributed by atoms with Gasteiger partial charge in [-0.3, -0.25) is 4.79 Å². The van der Waals surface area contributed by atoms with Crippen LogP contribution >= 0.6 is 0 Å². The zero-order valence-corrected chi connectivity index (χ0v) is 18.4. The Bertz CT molecular complexity index is 1050. The molecule has 10 nitrogen and oxygen atoms in total. The molecule has 2 N–H and O–H groups in total. The Kier molecular flexibility index (Phi) is 6.35. The average molecular weight is 438 g/mol. The van der Waals surface area contributed by atoms with Crippen LogP contribution in [-0.2, 0) is 9.47 Å². The Morgan fingerprint density at radius 3 is 2.53 bits per heavy atom. The Labute approximate surface area is 186 Å². The van der Waals surface area contributed by atoms with Crippen LogP contribution in [0.5, 0.6) is 0 Å². The zero-order chi connectivity index (χ0) is 22.7. The Morgan fingerprint density at radius 1 is 1.16 bits per heavy atom. The molecule has 1 aliphatic rings. The molecule has 0 radical (unpaired) electrons. The van der Waals surface area contributed by atoms with Gasteiger partial charge in [-0.15, -0.1) is 5.10 Å². The highest BCUT2D eigenvalue weighted by molar-refractivity contribution is 5.94. The van der Waals surface area contributed by atoms with Crippen LogP contribution in [0, 0.1) is 0 Å². The third-order valence-corrected chi connectivity index (χ3v) is 5.13. The number of methoxy groups -OCH3 is 1. The first-order valence-corrected chi connectivity index (χ1v) is 10.3. The first kappa shape index (κ1) is 21.8. The average Bonchev–Trinajstić information content (AvgIpc) is 3.20. The van der Waals surface area contributed by atoms with Gasteiger partial charge >= 0.3 is 0 Å². The molecule has 1 aliphatic heterocycles. The minimum atomic E-state index is -0.351. The Morgan fingerprint density at radius 2 is 1.88 bits per heavy atom. The van der Waals surface area contributed by atoms with Crippen molar-refractivity contribution in [1.82, 2.24) is 24.7 Å². The van der Waals surface area contributed by atoms with E-state index in [9.17, 15) is 4.79 Å². The van der Waals surface area contributed by atoms with Crippen molar-refractivity contribution in [3.05, 3.63) is 60.2 Å². The molecular formula is C22H27N7O3. The number of carbonyl (C=O) groups excluding carboxylic acids is 1. The maximum Gasteiger partial charge on any atom is 0.266 e. The molecule has 1 unspecified atom stereocenters. The van der Waals surface area contributed by atoms with Crippen molar-refractivity contribution >= 4 is 23.5 Å². The smallest absolute Gasteiger partial charge is 0.266 e. The second-order valence-corrected chi connectivity index (χ2v) is 7.52. The number of rotatable bonds is 6. The van der Waals surface area contributed by atoms with Crippen molar-refractivity contribution in [2.75, 3.05) is 51.6 Å². The topological polar surface area (TPSA) is 102 Å².